The van der Waals surface area contributed by atoms with Crippen molar-refractivity contribution < 1.29 is 9.85 Å². The van der Waals surface area contributed by atoms with Crippen molar-refractivity contribution in [2.24, 2.45) is 0 Å². The van der Waals surface area contributed by atoms with Crippen LogP contribution in [0.5, 0.6) is 0 Å². The summed E-state index contributed by atoms with van der Waals surface area (Å²) < 4.78 is 0. The molecule has 0 fully saturated rings. The van der Waals surface area contributed by atoms with Crippen LogP contribution in [0.15, 0.2) is 23.4 Å². The van der Waals surface area contributed by atoms with Gasteiger partial charge >= 0.3 is 0 Å². The number of nitro benzene ring substituents is 2. The van der Waals surface area contributed by atoms with Gasteiger partial charge in [0, 0.05) is 6.07 Å². The molecule has 0 unspecified atom stereocenters. The topological polar surface area (TPSA) is 170 Å². The number of nitriles is 3. The van der Waals surface area contributed by atoms with Crippen LogP contribution < -0.4 is 5.32 Å². The molecule has 1 aromatic rings. The Balaban J connectivity index is 3.56. The van der Waals surface area contributed by atoms with E-state index in [1.165, 1.54) is 19.1 Å². The van der Waals surface area contributed by atoms with E-state index in [-0.39, 0.29) is 11.3 Å². The van der Waals surface area contributed by atoms with E-state index in [4.69, 9.17) is 15.8 Å². The minimum Gasteiger partial charge on any atom is -0.345 e. The predicted molar refractivity (Wildman–Crippen MR) is 72.0 cm³/mol. The van der Waals surface area contributed by atoms with Crippen molar-refractivity contribution >= 4 is 17.1 Å². The van der Waals surface area contributed by atoms with Gasteiger partial charge in [0.25, 0.3) is 11.4 Å². The Hall–Kier alpha value is -3.97. The molecule has 0 saturated carbocycles. The Morgan fingerprint density at radius 2 is 1.68 bits per heavy atom. The molecule has 10 heteroatoms. The molecule has 0 amide bonds. The lowest BCUT2D eigenvalue weighted by molar-refractivity contribution is -0.394. The largest absolute Gasteiger partial charge is 0.345 e. The highest BCUT2D eigenvalue weighted by molar-refractivity contribution is 5.69. The van der Waals surface area contributed by atoms with Crippen molar-refractivity contribution in [1.29, 1.82) is 15.8 Å². The molecule has 10 nitrogen and oxygen atoms in total. The predicted octanol–water partition coefficient (Wildman–Crippen LogP) is 2.05. The SMILES string of the molecule is Cc1c(NC(C#N)=C(C#N)C#N)cc([N+](=O)[O-])cc1[N+](=O)[O-]. The van der Waals surface area contributed by atoms with Crippen molar-refractivity contribution in [2.45, 2.75) is 6.92 Å². The maximum absolute atomic E-state index is 10.9. The molecule has 0 bridgehead atoms. The van der Waals surface area contributed by atoms with E-state index < -0.39 is 32.5 Å². The number of nitrogens with one attached hydrogen (secondary N) is 1. The van der Waals surface area contributed by atoms with Crippen LogP contribution in [-0.2, 0) is 0 Å². The number of rotatable bonds is 4. The molecular formula is C12H6N6O4. The molecule has 0 heterocycles. The molecule has 0 spiro atoms. The lowest BCUT2D eigenvalue weighted by atomic mass is 10.1. The smallest absolute Gasteiger partial charge is 0.281 e. The zero-order valence-corrected chi connectivity index (χ0v) is 11.0. The zero-order chi connectivity index (χ0) is 16.9. The summed E-state index contributed by atoms with van der Waals surface area (Å²) in [7, 11) is 0. The molecule has 0 aliphatic heterocycles. The second-order valence-corrected chi connectivity index (χ2v) is 3.86. The van der Waals surface area contributed by atoms with Crippen molar-refractivity contribution in [3.05, 3.63) is 49.2 Å². The lowest BCUT2D eigenvalue weighted by Gasteiger charge is -2.08. The van der Waals surface area contributed by atoms with E-state index in [0.717, 1.165) is 12.1 Å². The number of nitrogens with zero attached hydrogens (tertiary/aromatic N) is 5. The van der Waals surface area contributed by atoms with Crippen LogP contribution in [0.25, 0.3) is 0 Å². The van der Waals surface area contributed by atoms with Gasteiger partial charge in [0.05, 0.1) is 27.2 Å². The van der Waals surface area contributed by atoms with Gasteiger partial charge in [-0.1, -0.05) is 0 Å². The maximum Gasteiger partial charge on any atom is 0.281 e. The van der Waals surface area contributed by atoms with E-state index in [1.807, 2.05) is 0 Å². The van der Waals surface area contributed by atoms with Gasteiger partial charge in [-0.15, -0.1) is 0 Å². The van der Waals surface area contributed by atoms with E-state index >= 15 is 0 Å². The third-order valence-electron chi connectivity index (χ3n) is 2.62. The molecule has 1 N–H and O–H groups in total. The summed E-state index contributed by atoms with van der Waals surface area (Å²) in [4.78, 5) is 20.1. The summed E-state index contributed by atoms with van der Waals surface area (Å²) >= 11 is 0. The molecule has 0 aromatic heterocycles. The first-order valence-corrected chi connectivity index (χ1v) is 5.50. The number of allylic oxidation sites excluding steroid dienone is 2. The van der Waals surface area contributed by atoms with Gasteiger partial charge in [0.2, 0.25) is 0 Å². The lowest BCUT2D eigenvalue weighted by Crippen LogP contribution is -2.05. The summed E-state index contributed by atoms with van der Waals surface area (Å²) in [5.41, 5.74) is -2.17. The van der Waals surface area contributed by atoms with Crippen LogP contribution in [0, 0.1) is 61.1 Å². The van der Waals surface area contributed by atoms with Crippen molar-refractivity contribution in [3.8, 4) is 18.2 Å². The quantitative estimate of drug-likeness (QED) is 0.499. The fraction of sp³-hybridized carbons (Fsp3) is 0.0833. The molecule has 108 valence electrons. The summed E-state index contributed by atoms with van der Waals surface area (Å²) in [5, 5.41) is 50.5. The van der Waals surface area contributed by atoms with Gasteiger partial charge in [-0.3, -0.25) is 20.2 Å². The fourth-order valence-electron chi connectivity index (χ4n) is 1.53. The minimum absolute atomic E-state index is 0.0265. The Kier molecular flexibility index (Phi) is 4.72. The summed E-state index contributed by atoms with van der Waals surface area (Å²) in [6, 6.07) is 6.29. The van der Waals surface area contributed by atoms with Crippen LogP contribution >= 0.6 is 0 Å². The van der Waals surface area contributed by atoms with Crippen LogP contribution in [0.1, 0.15) is 5.56 Å². The molecule has 0 aliphatic rings. The number of non-ortho nitro benzene ring substituents is 1. The highest BCUT2D eigenvalue weighted by Gasteiger charge is 2.22. The second kappa shape index (κ2) is 6.46. The highest BCUT2D eigenvalue weighted by Crippen LogP contribution is 2.32. The average molecular weight is 298 g/mol. The third kappa shape index (κ3) is 3.13. The van der Waals surface area contributed by atoms with Gasteiger partial charge in [-0.2, -0.15) is 15.8 Å². The normalized spacial score (nSPS) is 8.82. The summed E-state index contributed by atoms with van der Waals surface area (Å²) in [6.45, 7) is 1.32. The van der Waals surface area contributed by atoms with E-state index in [2.05, 4.69) is 5.32 Å². The maximum atomic E-state index is 10.9. The Morgan fingerprint density at radius 1 is 1.09 bits per heavy atom. The summed E-state index contributed by atoms with van der Waals surface area (Å²) in [6.07, 6.45) is 0. The molecule has 0 radical (unpaired) electrons. The Morgan fingerprint density at radius 3 is 2.09 bits per heavy atom. The first-order chi connectivity index (χ1) is 10.3. The standard InChI is InChI=1S/C12H6N6O4/c1-7-10(16-11(6-15)8(4-13)5-14)2-9(17(19)20)3-12(7)18(21)22/h2-3,16H,1H3. The number of benzene rings is 1. The number of hydrogen-bond acceptors (Lipinski definition) is 8. The molecule has 0 atom stereocenters. The van der Waals surface area contributed by atoms with Gasteiger partial charge in [-0.05, 0) is 6.92 Å². The molecule has 0 aliphatic carbocycles. The molecular weight excluding hydrogens is 292 g/mol. The van der Waals surface area contributed by atoms with Crippen LogP contribution in [0.3, 0.4) is 0 Å². The van der Waals surface area contributed by atoms with Gasteiger partial charge in [-0.25, -0.2) is 0 Å². The molecule has 0 saturated heterocycles. The first-order valence-electron chi connectivity index (χ1n) is 5.50. The number of anilines is 1. The van der Waals surface area contributed by atoms with Crippen molar-refractivity contribution in [3.63, 3.8) is 0 Å². The number of nitro groups is 2. The van der Waals surface area contributed by atoms with Crippen LogP contribution in [0.2, 0.25) is 0 Å². The second-order valence-electron chi connectivity index (χ2n) is 3.86. The minimum atomic E-state index is -0.830. The zero-order valence-electron chi connectivity index (χ0n) is 11.0. The van der Waals surface area contributed by atoms with Crippen LogP contribution in [0.4, 0.5) is 17.1 Å². The Labute approximate surface area is 123 Å². The van der Waals surface area contributed by atoms with Gasteiger partial charge < -0.3 is 5.32 Å². The fourth-order valence-corrected chi connectivity index (χ4v) is 1.53. The molecule has 22 heavy (non-hydrogen) atoms. The van der Waals surface area contributed by atoms with Gasteiger partial charge in [0.1, 0.15) is 23.9 Å². The van der Waals surface area contributed by atoms with Gasteiger partial charge in [0.15, 0.2) is 5.57 Å². The van der Waals surface area contributed by atoms with E-state index in [9.17, 15) is 20.2 Å². The van der Waals surface area contributed by atoms with E-state index in [0.29, 0.717) is 0 Å². The van der Waals surface area contributed by atoms with E-state index in [1.54, 1.807) is 6.07 Å². The molecule has 1 rings (SSSR count). The van der Waals surface area contributed by atoms with Crippen molar-refractivity contribution in [2.75, 3.05) is 5.32 Å². The summed E-state index contributed by atoms with van der Waals surface area (Å²) in [5.74, 6) is 0. The monoisotopic (exact) mass is 298 g/mol. The van der Waals surface area contributed by atoms with Crippen molar-refractivity contribution in [1.82, 2.24) is 0 Å². The Bertz CT molecular complexity index is 806. The molecule has 1 aromatic carbocycles. The van der Waals surface area contributed by atoms with Crippen LogP contribution in [-0.4, -0.2) is 9.85 Å². The third-order valence-corrected chi connectivity index (χ3v) is 2.62. The highest BCUT2D eigenvalue weighted by atomic mass is 16.6. The average Bonchev–Trinajstić information content (AvgIpc) is 2.48. The first kappa shape index (κ1) is 16.1. The number of hydrogen-bond donors (Lipinski definition) is 1.